The Hall–Kier alpha value is -2.58. The van der Waals surface area contributed by atoms with Crippen LogP contribution in [-0.2, 0) is 17.4 Å². The molecule has 0 saturated heterocycles. The zero-order valence-electron chi connectivity index (χ0n) is 16.1. The average Bonchev–Trinajstić information content (AvgIpc) is 3.03. The van der Waals surface area contributed by atoms with Gasteiger partial charge in [-0.25, -0.2) is 0 Å². The van der Waals surface area contributed by atoms with Crippen molar-refractivity contribution < 1.29 is 22.7 Å². The summed E-state index contributed by atoms with van der Waals surface area (Å²) in [5, 5.41) is 3.75. The van der Waals surface area contributed by atoms with Crippen molar-refractivity contribution in [2.75, 3.05) is 5.32 Å². The van der Waals surface area contributed by atoms with Crippen LogP contribution in [0.3, 0.4) is 0 Å². The predicted molar refractivity (Wildman–Crippen MR) is 112 cm³/mol. The Labute approximate surface area is 180 Å². The lowest BCUT2D eigenvalue weighted by Crippen LogP contribution is -2.13. The van der Waals surface area contributed by atoms with Crippen molar-refractivity contribution in [1.82, 2.24) is 4.37 Å². The Morgan fingerprint density at radius 1 is 1.10 bits per heavy atom. The normalized spacial score (nSPS) is 11.6. The molecule has 0 saturated carbocycles. The monoisotopic (exact) mass is 454 g/mol. The number of nitrogens with one attached hydrogen (secondary N) is 1. The second-order valence-electron chi connectivity index (χ2n) is 6.86. The lowest BCUT2D eigenvalue weighted by molar-refractivity contribution is -0.137. The number of halogens is 4. The number of anilines is 1. The van der Waals surface area contributed by atoms with Crippen LogP contribution in [0.4, 0.5) is 18.2 Å². The summed E-state index contributed by atoms with van der Waals surface area (Å²) in [7, 11) is 0. The summed E-state index contributed by atoms with van der Waals surface area (Å²) < 4.78 is 47.6. The van der Waals surface area contributed by atoms with E-state index in [-0.39, 0.29) is 24.0 Å². The highest BCUT2D eigenvalue weighted by Gasteiger charge is 2.30. The van der Waals surface area contributed by atoms with E-state index in [0.29, 0.717) is 15.8 Å². The minimum absolute atomic E-state index is 0.131. The van der Waals surface area contributed by atoms with E-state index in [4.69, 9.17) is 16.3 Å². The van der Waals surface area contributed by atoms with Gasteiger partial charge in [0.05, 0.1) is 22.7 Å². The summed E-state index contributed by atoms with van der Waals surface area (Å²) in [4.78, 5) is 12.3. The molecular formula is C21H18ClF3N2O2S. The fraction of sp³-hybridized carbons (Fsp3) is 0.238. The van der Waals surface area contributed by atoms with Crippen LogP contribution in [0.2, 0.25) is 5.02 Å². The highest BCUT2D eigenvalue weighted by atomic mass is 35.5. The molecule has 0 bridgehead atoms. The quantitative estimate of drug-likeness (QED) is 0.440. The molecule has 0 radical (unpaired) electrons. The predicted octanol–water partition coefficient (Wildman–Crippen LogP) is 6.91. The maximum absolute atomic E-state index is 12.6. The molecule has 0 unspecified atom stereocenters. The second kappa shape index (κ2) is 9.06. The third-order valence-electron chi connectivity index (χ3n) is 4.16. The second-order valence-corrected chi connectivity index (χ2v) is 8.01. The number of rotatable bonds is 6. The van der Waals surface area contributed by atoms with Crippen molar-refractivity contribution in [3.63, 3.8) is 0 Å². The fourth-order valence-corrected chi connectivity index (χ4v) is 3.90. The van der Waals surface area contributed by atoms with Gasteiger partial charge in [-0.15, -0.1) is 0 Å². The molecule has 3 aromatic rings. The Morgan fingerprint density at radius 3 is 2.17 bits per heavy atom. The van der Waals surface area contributed by atoms with Gasteiger partial charge in [0.25, 0.3) is 0 Å². The first-order chi connectivity index (χ1) is 14.1. The van der Waals surface area contributed by atoms with E-state index in [1.807, 2.05) is 13.8 Å². The molecule has 1 N–H and O–H groups in total. The van der Waals surface area contributed by atoms with Gasteiger partial charge in [-0.2, -0.15) is 17.5 Å². The van der Waals surface area contributed by atoms with E-state index in [9.17, 15) is 18.0 Å². The van der Waals surface area contributed by atoms with Crippen LogP contribution in [0.1, 0.15) is 36.6 Å². The summed E-state index contributed by atoms with van der Waals surface area (Å²) >= 11 is 7.40. The Kier molecular flexibility index (Phi) is 6.67. The number of hydrogen-bond acceptors (Lipinski definition) is 4. The smallest absolute Gasteiger partial charge is 0.416 e. The number of ether oxygens (including phenoxy) is 1. The van der Waals surface area contributed by atoms with Gasteiger partial charge in [-0.05, 0) is 59.4 Å². The number of carbonyl (C=O) groups is 1. The number of aromatic nitrogens is 1. The van der Waals surface area contributed by atoms with Crippen LogP contribution in [0, 0.1) is 0 Å². The Balaban J connectivity index is 1.58. The lowest BCUT2D eigenvalue weighted by atomic mass is 10.1. The van der Waals surface area contributed by atoms with E-state index < -0.39 is 11.7 Å². The molecule has 0 atom stereocenters. The standard InChI is InChI=1S/C21H18ClF3N2O2S/c1-12(2)19-18(22)20(30-27-19)26-17(28)11-13-3-7-15(8-4-13)29-16-9-5-14(6-10-16)21(23,24)25/h3-10,12H,11H2,1-2H3,(H,26,28). The van der Waals surface area contributed by atoms with Crippen molar-refractivity contribution in [1.29, 1.82) is 0 Å². The third kappa shape index (κ3) is 5.52. The Bertz CT molecular complexity index is 1020. The van der Waals surface area contributed by atoms with Crippen molar-refractivity contribution in [3.05, 3.63) is 70.4 Å². The average molecular weight is 455 g/mol. The fourth-order valence-electron chi connectivity index (χ4n) is 2.61. The van der Waals surface area contributed by atoms with Gasteiger partial charge in [-0.3, -0.25) is 4.79 Å². The topological polar surface area (TPSA) is 51.2 Å². The molecule has 0 fully saturated rings. The number of nitrogens with zero attached hydrogens (tertiary/aromatic N) is 1. The number of benzene rings is 2. The molecular weight excluding hydrogens is 437 g/mol. The maximum Gasteiger partial charge on any atom is 0.416 e. The number of alkyl halides is 3. The van der Waals surface area contributed by atoms with Crippen LogP contribution in [0.25, 0.3) is 0 Å². The third-order valence-corrected chi connectivity index (χ3v) is 5.44. The van der Waals surface area contributed by atoms with E-state index in [0.717, 1.165) is 34.9 Å². The van der Waals surface area contributed by atoms with Crippen LogP contribution < -0.4 is 10.1 Å². The molecule has 0 spiro atoms. The first-order valence-electron chi connectivity index (χ1n) is 9.02. The number of hydrogen-bond donors (Lipinski definition) is 1. The van der Waals surface area contributed by atoms with Gasteiger partial charge >= 0.3 is 6.18 Å². The van der Waals surface area contributed by atoms with Crippen LogP contribution in [-0.4, -0.2) is 10.3 Å². The zero-order valence-corrected chi connectivity index (χ0v) is 17.7. The molecule has 4 nitrogen and oxygen atoms in total. The zero-order chi connectivity index (χ0) is 21.9. The minimum atomic E-state index is -4.39. The summed E-state index contributed by atoms with van der Waals surface area (Å²) in [6.45, 7) is 3.95. The molecule has 3 rings (SSSR count). The van der Waals surface area contributed by atoms with Crippen LogP contribution >= 0.6 is 23.1 Å². The summed E-state index contributed by atoms with van der Waals surface area (Å²) in [5.74, 6) is 0.671. The van der Waals surface area contributed by atoms with E-state index in [1.54, 1.807) is 24.3 Å². The molecule has 9 heteroatoms. The SMILES string of the molecule is CC(C)c1nsc(NC(=O)Cc2ccc(Oc3ccc(C(F)(F)F)cc3)cc2)c1Cl. The van der Waals surface area contributed by atoms with Gasteiger partial charge in [0.1, 0.15) is 16.5 Å². The molecule has 158 valence electrons. The summed E-state index contributed by atoms with van der Waals surface area (Å²) in [6.07, 6.45) is -4.26. The van der Waals surface area contributed by atoms with Gasteiger partial charge < -0.3 is 10.1 Å². The molecule has 30 heavy (non-hydrogen) atoms. The van der Waals surface area contributed by atoms with Gasteiger partial charge in [0, 0.05) is 0 Å². The summed E-state index contributed by atoms with van der Waals surface area (Å²) in [6, 6.07) is 11.2. The van der Waals surface area contributed by atoms with Crippen molar-refractivity contribution in [2.45, 2.75) is 32.4 Å². The van der Waals surface area contributed by atoms with E-state index in [1.165, 1.54) is 12.1 Å². The molecule has 1 heterocycles. The Morgan fingerprint density at radius 2 is 1.67 bits per heavy atom. The minimum Gasteiger partial charge on any atom is -0.457 e. The van der Waals surface area contributed by atoms with Crippen LogP contribution in [0.15, 0.2) is 48.5 Å². The number of carbonyl (C=O) groups excluding carboxylic acids is 1. The summed E-state index contributed by atoms with van der Waals surface area (Å²) in [5.41, 5.74) is 0.761. The van der Waals surface area contributed by atoms with Crippen molar-refractivity contribution in [3.8, 4) is 11.5 Å². The number of amides is 1. The molecule has 2 aromatic carbocycles. The van der Waals surface area contributed by atoms with Crippen LogP contribution in [0.5, 0.6) is 11.5 Å². The molecule has 1 aromatic heterocycles. The maximum atomic E-state index is 12.6. The highest BCUT2D eigenvalue weighted by Crippen LogP contribution is 2.34. The molecule has 0 aliphatic heterocycles. The molecule has 1 amide bonds. The molecule has 0 aliphatic carbocycles. The first kappa shape index (κ1) is 22.1. The van der Waals surface area contributed by atoms with E-state index >= 15 is 0 Å². The largest absolute Gasteiger partial charge is 0.457 e. The van der Waals surface area contributed by atoms with Gasteiger partial charge in [0.2, 0.25) is 5.91 Å². The van der Waals surface area contributed by atoms with Crippen molar-refractivity contribution in [2.24, 2.45) is 0 Å². The van der Waals surface area contributed by atoms with Gasteiger partial charge in [0.15, 0.2) is 0 Å². The van der Waals surface area contributed by atoms with Gasteiger partial charge in [-0.1, -0.05) is 37.6 Å². The van der Waals surface area contributed by atoms with Crippen molar-refractivity contribution >= 4 is 34.0 Å². The highest BCUT2D eigenvalue weighted by molar-refractivity contribution is 7.11. The lowest BCUT2D eigenvalue weighted by Gasteiger charge is -2.09. The first-order valence-corrected chi connectivity index (χ1v) is 10.2. The molecule has 0 aliphatic rings. The van der Waals surface area contributed by atoms with E-state index in [2.05, 4.69) is 9.69 Å².